The third-order valence-corrected chi connectivity index (χ3v) is 4.92. The van der Waals surface area contributed by atoms with Crippen LogP contribution < -0.4 is 5.32 Å². The van der Waals surface area contributed by atoms with Crippen molar-refractivity contribution in [1.82, 2.24) is 14.8 Å². The summed E-state index contributed by atoms with van der Waals surface area (Å²) >= 11 is 1.56. The number of aryl methyl sites for hydroxylation is 1. The molecule has 2 heterocycles. The summed E-state index contributed by atoms with van der Waals surface area (Å²) in [5.74, 6) is -0.0119. The van der Waals surface area contributed by atoms with E-state index < -0.39 is 0 Å². The maximum Gasteiger partial charge on any atom is 0.321 e. The monoisotopic (exact) mass is 374 g/mol. The molecule has 0 unspecified atom stereocenters. The first kappa shape index (κ1) is 18.3. The lowest BCUT2D eigenvalue weighted by molar-refractivity contribution is 0.0303. The highest BCUT2D eigenvalue weighted by Gasteiger charge is 2.18. The Morgan fingerprint density at radius 3 is 2.58 bits per heavy atom. The minimum atomic E-state index is -0.220. The molecule has 0 aliphatic carbocycles. The molecule has 1 aromatic heterocycles. The Bertz CT molecular complexity index is 769. The molecule has 7 nitrogen and oxygen atoms in total. The molecule has 8 heteroatoms. The number of rotatable bonds is 4. The van der Waals surface area contributed by atoms with Crippen LogP contribution in [-0.4, -0.2) is 60.1 Å². The SMILES string of the molecule is Cc1nc(CN(C)C(=O)Nc2ccc(C(=O)N3CCOCC3)cc2)cs1. The fourth-order valence-corrected chi connectivity index (χ4v) is 3.26. The van der Waals surface area contributed by atoms with E-state index >= 15 is 0 Å². The van der Waals surface area contributed by atoms with Gasteiger partial charge in [0.1, 0.15) is 0 Å². The fourth-order valence-electron chi connectivity index (χ4n) is 2.66. The summed E-state index contributed by atoms with van der Waals surface area (Å²) in [4.78, 5) is 32.4. The van der Waals surface area contributed by atoms with Crippen molar-refractivity contribution in [3.8, 4) is 0 Å². The molecule has 26 heavy (non-hydrogen) atoms. The summed E-state index contributed by atoms with van der Waals surface area (Å²) in [6.07, 6.45) is 0. The summed E-state index contributed by atoms with van der Waals surface area (Å²) in [5, 5.41) is 5.76. The number of amides is 3. The molecular formula is C18H22N4O3S. The van der Waals surface area contributed by atoms with Crippen molar-refractivity contribution in [2.24, 2.45) is 0 Å². The second-order valence-corrected chi connectivity index (χ2v) is 7.19. The predicted molar refractivity (Wildman–Crippen MR) is 101 cm³/mol. The van der Waals surface area contributed by atoms with Gasteiger partial charge >= 0.3 is 6.03 Å². The van der Waals surface area contributed by atoms with E-state index in [2.05, 4.69) is 10.3 Å². The van der Waals surface area contributed by atoms with Gasteiger partial charge in [-0.05, 0) is 31.2 Å². The van der Waals surface area contributed by atoms with E-state index in [0.717, 1.165) is 10.7 Å². The number of benzene rings is 1. The molecule has 3 amide bonds. The molecule has 0 bridgehead atoms. The number of urea groups is 1. The van der Waals surface area contributed by atoms with Crippen LogP contribution in [0.2, 0.25) is 0 Å². The van der Waals surface area contributed by atoms with Gasteiger partial charge in [-0.3, -0.25) is 4.79 Å². The number of morpholine rings is 1. The van der Waals surface area contributed by atoms with Gasteiger partial charge in [-0.25, -0.2) is 9.78 Å². The minimum Gasteiger partial charge on any atom is -0.378 e. The zero-order valence-corrected chi connectivity index (χ0v) is 15.7. The third kappa shape index (κ3) is 4.59. The number of thiazole rings is 1. The zero-order valence-electron chi connectivity index (χ0n) is 14.9. The molecule has 1 fully saturated rings. The lowest BCUT2D eigenvalue weighted by atomic mass is 10.1. The molecule has 0 atom stereocenters. The molecule has 1 aliphatic rings. The maximum absolute atomic E-state index is 12.4. The highest BCUT2D eigenvalue weighted by atomic mass is 32.1. The Morgan fingerprint density at radius 2 is 1.96 bits per heavy atom. The quantitative estimate of drug-likeness (QED) is 0.893. The summed E-state index contributed by atoms with van der Waals surface area (Å²) in [5.41, 5.74) is 2.13. The Kier molecular flexibility index (Phi) is 5.85. The smallest absolute Gasteiger partial charge is 0.321 e. The lowest BCUT2D eigenvalue weighted by Gasteiger charge is -2.26. The third-order valence-electron chi connectivity index (χ3n) is 4.09. The van der Waals surface area contributed by atoms with E-state index in [9.17, 15) is 9.59 Å². The summed E-state index contributed by atoms with van der Waals surface area (Å²) in [7, 11) is 1.72. The second-order valence-electron chi connectivity index (χ2n) is 6.13. The van der Waals surface area contributed by atoms with Gasteiger partial charge in [0.2, 0.25) is 0 Å². The van der Waals surface area contributed by atoms with Crippen LogP contribution in [0.3, 0.4) is 0 Å². The fraction of sp³-hybridized carbons (Fsp3) is 0.389. The van der Waals surface area contributed by atoms with Crippen LogP contribution in [0.15, 0.2) is 29.6 Å². The average Bonchev–Trinajstić information content (AvgIpc) is 3.07. The maximum atomic E-state index is 12.4. The van der Waals surface area contributed by atoms with E-state index in [-0.39, 0.29) is 11.9 Å². The van der Waals surface area contributed by atoms with Gasteiger partial charge in [0, 0.05) is 36.8 Å². The Labute approximate surface area is 156 Å². The van der Waals surface area contributed by atoms with Crippen LogP contribution in [0, 0.1) is 6.92 Å². The summed E-state index contributed by atoms with van der Waals surface area (Å²) in [6.45, 7) is 4.75. The highest BCUT2D eigenvalue weighted by Crippen LogP contribution is 2.14. The van der Waals surface area contributed by atoms with E-state index in [1.807, 2.05) is 12.3 Å². The molecule has 1 N–H and O–H groups in total. The number of carbonyl (C=O) groups excluding carboxylic acids is 2. The summed E-state index contributed by atoms with van der Waals surface area (Å²) < 4.78 is 5.27. The number of aromatic nitrogens is 1. The predicted octanol–water partition coefficient (Wildman–Crippen LogP) is 2.59. The van der Waals surface area contributed by atoms with Crippen molar-refractivity contribution in [1.29, 1.82) is 0 Å². The molecule has 0 radical (unpaired) electrons. The van der Waals surface area contributed by atoms with Crippen molar-refractivity contribution < 1.29 is 14.3 Å². The molecule has 138 valence electrons. The van der Waals surface area contributed by atoms with Crippen molar-refractivity contribution in [3.05, 3.63) is 45.9 Å². The summed E-state index contributed by atoms with van der Waals surface area (Å²) in [6, 6.07) is 6.73. The van der Waals surface area contributed by atoms with Gasteiger partial charge in [-0.2, -0.15) is 0 Å². The Hall–Kier alpha value is -2.45. The molecule has 2 aromatic rings. The minimum absolute atomic E-state index is 0.0119. The normalized spacial score (nSPS) is 14.2. The van der Waals surface area contributed by atoms with E-state index in [4.69, 9.17) is 4.74 Å². The van der Waals surface area contributed by atoms with Gasteiger partial charge in [0.15, 0.2) is 0 Å². The molecule has 0 spiro atoms. The zero-order chi connectivity index (χ0) is 18.5. The van der Waals surface area contributed by atoms with Crippen LogP contribution in [0.4, 0.5) is 10.5 Å². The van der Waals surface area contributed by atoms with E-state index in [0.29, 0.717) is 44.1 Å². The number of carbonyl (C=O) groups is 2. The molecule has 1 aromatic carbocycles. The molecule has 3 rings (SSSR count). The number of hydrogen-bond donors (Lipinski definition) is 1. The van der Waals surface area contributed by atoms with E-state index in [1.165, 1.54) is 0 Å². The number of nitrogens with one attached hydrogen (secondary N) is 1. The van der Waals surface area contributed by atoms with Crippen LogP contribution >= 0.6 is 11.3 Å². The second kappa shape index (κ2) is 8.29. The van der Waals surface area contributed by atoms with Crippen LogP contribution in [0.1, 0.15) is 21.1 Å². The van der Waals surface area contributed by atoms with Gasteiger partial charge in [-0.15, -0.1) is 11.3 Å². The largest absolute Gasteiger partial charge is 0.378 e. The number of ether oxygens (including phenoxy) is 1. The van der Waals surface area contributed by atoms with Crippen molar-refractivity contribution in [2.45, 2.75) is 13.5 Å². The topological polar surface area (TPSA) is 74.8 Å². The number of nitrogens with zero attached hydrogens (tertiary/aromatic N) is 3. The van der Waals surface area contributed by atoms with Crippen molar-refractivity contribution in [2.75, 3.05) is 38.7 Å². The first-order valence-electron chi connectivity index (χ1n) is 8.43. The van der Waals surface area contributed by atoms with Gasteiger partial charge in [-0.1, -0.05) is 0 Å². The Morgan fingerprint density at radius 1 is 1.27 bits per heavy atom. The van der Waals surface area contributed by atoms with Crippen LogP contribution in [0.5, 0.6) is 0 Å². The van der Waals surface area contributed by atoms with Crippen molar-refractivity contribution in [3.63, 3.8) is 0 Å². The molecule has 0 saturated carbocycles. The van der Waals surface area contributed by atoms with Gasteiger partial charge in [0.25, 0.3) is 5.91 Å². The number of hydrogen-bond acceptors (Lipinski definition) is 5. The van der Waals surface area contributed by atoms with Crippen molar-refractivity contribution >= 4 is 29.0 Å². The first-order valence-corrected chi connectivity index (χ1v) is 9.31. The van der Waals surface area contributed by atoms with Gasteiger partial charge in [0.05, 0.1) is 30.5 Å². The standard InChI is InChI=1S/C18H22N4O3S/c1-13-19-16(12-26-13)11-21(2)18(24)20-15-5-3-14(4-6-15)17(23)22-7-9-25-10-8-22/h3-6,12H,7-11H2,1-2H3,(H,20,24). The van der Waals surface area contributed by atoms with Crippen LogP contribution in [0.25, 0.3) is 0 Å². The van der Waals surface area contributed by atoms with E-state index in [1.54, 1.807) is 52.4 Å². The average molecular weight is 374 g/mol. The lowest BCUT2D eigenvalue weighted by Crippen LogP contribution is -2.40. The molecule has 1 saturated heterocycles. The Balaban J connectivity index is 1.56. The van der Waals surface area contributed by atoms with Crippen LogP contribution in [-0.2, 0) is 11.3 Å². The van der Waals surface area contributed by atoms with Gasteiger partial charge < -0.3 is 19.9 Å². The highest BCUT2D eigenvalue weighted by molar-refractivity contribution is 7.09. The molecule has 1 aliphatic heterocycles. The first-order chi connectivity index (χ1) is 12.5. The molecular weight excluding hydrogens is 352 g/mol. The number of anilines is 1.